The highest BCUT2D eigenvalue weighted by Gasteiger charge is 2.14. The Balaban J connectivity index is 1.58. The molecule has 7 nitrogen and oxygen atoms in total. The van der Waals surface area contributed by atoms with Gasteiger partial charge in [-0.1, -0.05) is 29.5 Å². The lowest BCUT2D eigenvalue weighted by Crippen LogP contribution is -2.27. The second-order valence-corrected chi connectivity index (χ2v) is 7.77. The maximum absolute atomic E-state index is 12.6. The molecule has 2 heterocycles. The Hall–Kier alpha value is -3.52. The lowest BCUT2D eigenvalue weighted by Gasteiger charge is -2.11. The Morgan fingerprint density at radius 2 is 1.97 bits per heavy atom. The van der Waals surface area contributed by atoms with Crippen molar-refractivity contribution in [2.45, 2.75) is 20.4 Å². The first-order chi connectivity index (χ1) is 14.5. The van der Waals surface area contributed by atoms with Crippen molar-refractivity contribution in [3.05, 3.63) is 70.0 Å². The number of thiazole rings is 1. The summed E-state index contributed by atoms with van der Waals surface area (Å²) in [7, 11) is 0. The first kappa shape index (κ1) is 19.8. The lowest BCUT2D eigenvalue weighted by atomic mass is 10.1. The van der Waals surface area contributed by atoms with Crippen LogP contribution in [0.2, 0.25) is 0 Å². The van der Waals surface area contributed by atoms with Gasteiger partial charge in [0.05, 0.1) is 27.9 Å². The van der Waals surface area contributed by atoms with Crippen LogP contribution in [0.25, 0.3) is 21.1 Å². The molecule has 2 aromatic carbocycles. The Labute approximate surface area is 175 Å². The van der Waals surface area contributed by atoms with Crippen LogP contribution >= 0.6 is 11.3 Å². The first-order valence-electron chi connectivity index (χ1n) is 9.43. The molecule has 0 fully saturated rings. The van der Waals surface area contributed by atoms with Crippen LogP contribution in [0.15, 0.2) is 53.3 Å². The zero-order valence-corrected chi connectivity index (χ0v) is 17.3. The lowest BCUT2D eigenvalue weighted by molar-refractivity contribution is -0.116. The highest BCUT2D eigenvalue weighted by Crippen LogP contribution is 2.27. The normalized spacial score (nSPS) is 11.0. The van der Waals surface area contributed by atoms with Crippen LogP contribution in [0.1, 0.15) is 22.8 Å². The zero-order valence-electron chi connectivity index (χ0n) is 16.5. The molecule has 0 bridgehead atoms. The number of aromatic nitrogens is 2. The molecular formula is C22H19N3O4S. The Kier molecular flexibility index (Phi) is 5.33. The van der Waals surface area contributed by atoms with Crippen LogP contribution in [0, 0.1) is 6.92 Å². The third-order valence-corrected chi connectivity index (χ3v) is 5.61. The van der Waals surface area contributed by atoms with E-state index in [0.717, 1.165) is 15.6 Å². The molecule has 8 heteroatoms. The second-order valence-electron chi connectivity index (χ2n) is 6.74. The zero-order chi connectivity index (χ0) is 21.3. The van der Waals surface area contributed by atoms with Crippen LogP contribution in [0.5, 0.6) is 0 Å². The number of fused-ring (bicyclic) bond motifs is 2. The average Bonchev–Trinajstić information content (AvgIpc) is 3.12. The second kappa shape index (κ2) is 8.08. The molecule has 1 N–H and O–H groups in total. The molecule has 0 spiro atoms. The summed E-state index contributed by atoms with van der Waals surface area (Å²) in [5, 5.41) is 4.08. The van der Waals surface area contributed by atoms with Gasteiger partial charge in [0, 0.05) is 11.5 Å². The summed E-state index contributed by atoms with van der Waals surface area (Å²) in [5.41, 5.74) is 2.45. The molecule has 152 valence electrons. The van der Waals surface area contributed by atoms with Gasteiger partial charge in [0.1, 0.15) is 6.54 Å². The van der Waals surface area contributed by atoms with E-state index >= 15 is 0 Å². The minimum absolute atomic E-state index is 0.121. The van der Waals surface area contributed by atoms with Gasteiger partial charge in [0.15, 0.2) is 5.13 Å². The van der Waals surface area contributed by atoms with Crippen molar-refractivity contribution >= 4 is 49.5 Å². The van der Waals surface area contributed by atoms with Crippen molar-refractivity contribution in [1.82, 2.24) is 9.55 Å². The third kappa shape index (κ3) is 3.81. The minimum Gasteiger partial charge on any atom is -0.462 e. The van der Waals surface area contributed by atoms with Gasteiger partial charge in [-0.15, -0.1) is 0 Å². The fourth-order valence-electron chi connectivity index (χ4n) is 3.29. The number of ether oxygens (including phenoxy) is 1. The van der Waals surface area contributed by atoms with Crippen molar-refractivity contribution in [2.24, 2.45) is 0 Å². The predicted molar refractivity (Wildman–Crippen MR) is 117 cm³/mol. The highest BCUT2D eigenvalue weighted by molar-refractivity contribution is 7.22. The van der Waals surface area contributed by atoms with Crippen molar-refractivity contribution in [2.75, 3.05) is 11.9 Å². The Morgan fingerprint density at radius 3 is 2.77 bits per heavy atom. The molecule has 2 aromatic heterocycles. The van der Waals surface area contributed by atoms with Gasteiger partial charge < -0.3 is 10.1 Å². The van der Waals surface area contributed by atoms with Crippen molar-refractivity contribution < 1.29 is 14.3 Å². The number of rotatable bonds is 5. The smallest absolute Gasteiger partial charge is 0.338 e. The van der Waals surface area contributed by atoms with Crippen LogP contribution in [0.3, 0.4) is 0 Å². The number of para-hydroxylation sites is 1. The molecular weight excluding hydrogens is 402 g/mol. The van der Waals surface area contributed by atoms with E-state index in [9.17, 15) is 14.4 Å². The molecule has 0 radical (unpaired) electrons. The maximum atomic E-state index is 12.6. The number of aryl methyl sites for hydroxylation is 1. The summed E-state index contributed by atoms with van der Waals surface area (Å²) in [6.45, 7) is 3.80. The summed E-state index contributed by atoms with van der Waals surface area (Å²) in [6.07, 6.45) is 0. The van der Waals surface area contributed by atoms with E-state index in [1.165, 1.54) is 22.0 Å². The number of anilines is 1. The monoisotopic (exact) mass is 421 g/mol. The largest absolute Gasteiger partial charge is 0.462 e. The van der Waals surface area contributed by atoms with Crippen LogP contribution in [-0.2, 0) is 16.1 Å². The predicted octanol–water partition coefficient (Wildman–Crippen LogP) is 3.74. The van der Waals surface area contributed by atoms with Gasteiger partial charge in [-0.25, -0.2) is 9.78 Å². The van der Waals surface area contributed by atoms with Gasteiger partial charge in [-0.05, 0) is 43.7 Å². The summed E-state index contributed by atoms with van der Waals surface area (Å²) in [6, 6.07) is 14.1. The number of hydrogen-bond donors (Lipinski definition) is 1. The summed E-state index contributed by atoms with van der Waals surface area (Å²) >= 11 is 1.26. The number of nitrogens with one attached hydrogen (secondary N) is 1. The van der Waals surface area contributed by atoms with Crippen LogP contribution in [-0.4, -0.2) is 28.0 Å². The van der Waals surface area contributed by atoms with E-state index in [1.807, 2.05) is 31.2 Å². The van der Waals surface area contributed by atoms with Gasteiger partial charge in [-0.2, -0.15) is 0 Å². The molecule has 30 heavy (non-hydrogen) atoms. The van der Waals surface area contributed by atoms with Crippen molar-refractivity contribution in [1.29, 1.82) is 0 Å². The topological polar surface area (TPSA) is 90.3 Å². The standard InChI is InChI=1S/C22H19N3O4S/c1-3-29-21(28)14-8-9-16-18(11-14)30-22(23-16)24-19(26)12-25-17-7-5-4-6-15(17)13(2)10-20(25)27/h4-11H,3,12H2,1-2H3,(H,23,24,26). The third-order valence-electron chi connectivity index (χ3n) is 4.67. The average molecular weight is 421 g/mol. The van der Waals surface area contributed by atoms with Gasteiger partial charge in [-0.3, -0.25) is 14.2 Å². The number of nitrogens with zero attached hydrogens (tertiary/aromatic N) is 2. The van der Waals surface area contributed by atoms with E-state index in [2.05, 4.69) is 10.3 Å². The van der Waals surface area contributed by atoms with E-state index in [1.54, 1.807) is 25.1 Å². The molecule has 0 aliphatic heterocycles. The summed E-state index contributed by atoms with van der Waals surface area (Å²) < 4.78 is 7.22. The Bertz CT molecular complexity index is 1340. The fourth-order valence-corrected chi connectivity index (χ4v) is 4.21. The molecule has 1 amide bonds. The number of esters is 1. The van der Waals surface area contributed by atoms with E-state index < -0.39 is 5.97 Å². The van der Waals surface area contributed by atoms with E-state index in [0.29, 0.717) is 28.3 Å². The molecule has 0 saturated heterocycles. The molecule has 0 atom stereocenters. The molecule has 4 rings (SSSR count). The molecule has 0 unspecified atom stereocenters. The molecule has 0 saturated carbocycles. The van der Waals surface area contributed by atoms with Gasteiger partial charge in [0.2, 0.25) is 5.91 Å². The number of hydrogen-bond acceptors (Lipinski definition) is 6. The van der Waals surface area contributed by atoms with Crippen molar-refractivity contribution in [3.8, 4) is 0 Å². The van der Waals surface area contributed by atoms with Crippen molar-refractivity contribution in [3.63, 3.8) is 0 Å². The molecule has 4 aromatic rings. The SMILES string of the molecule is CCOC(=O)c1ccc2nc(NC(=O)Cn3c(=O)cc(C)c4ccccc43)sc2c1. The van der Waals surface area contributed by atoms with Crippen LogP contribution < -0.4 is 10.9 Å². The molecule has 0 aliphatic carbocycles. The number of carbonyl (C=O) groups excluding carboxylic acids is 2. The maximum Gasteiger partial charge on any atom is 0.338 e. The summed E-state index contributed by atoms with van der Waals surface area (Å²) in [5.74, 6) is -0.750. The van der Waals surface area contributed by atoms with Gasteiger partial charge in [0.25, 0.3) is 5.56 Å². The molecule has 0 aliphatic rings. The van der Waals surface area contributed by atoms with Crippen LogP contribution in [0.4, 0.5) is 5.13 Å². The summed E-state index contributed by atoms with van der Waals surface area (Å²) in [4.78, 5) is 41.4. The highest BCUT2D eigenvalue weighted by atomic mass is 32.1. The number of amides is 1. The number of pyridine rings is 1. The fraction of sp³-hybridized carbons (Fsp3) is 0.182. The van der Waals surface area contributed by atoms with E-state index in [-0.39, 0.29) is 18.0 Å². The first-order valence-corrected chi connectivity index (χ1v) is 10.2. The Morgan fingerprint density at radius 1 is 1.17 bits per heavy atom. The minimum atomic E-state index is -0.399. The number of carbonyl (C=O) groups is 2. The number of benzene rings is 2. The quantitative estimate of drug-likeness (QED) is 0.496. The van der Waals surface area contributed by atoms with Gasteiger partial charge >= 0.3 is 5.97 Å². The van der Waals surface area contributed by atoms with E-state index in [4.69, 9.17) is 4.74 Å².